The number of carbonyl (C=O) groups excluding carboxylic acids is 2. The second-order valence-corrected chi connectivity index (χ2v) is 11.1. The number of amides is 1. The monoisotopic (exact) mass is 544 g/mol. The highest BCUT2D eigenvalue weighted by Crippen LogP contribution is 2.43. The molecule has 2 aromatic carbocycles. The van der Waals surface area contributed by atoms with Crippen LogP contribution in [-0.2, 0) is 0 Å². The summed E-state index contributed by atoms with van der Waals surface area (Å²) in [6.45, 7) is 9.92. The van der Waals surface area contributed by atoms with Crippen LogP contribution in [0.15, 0.2) is 45.6 Å². The SMILES string of the molecule is CCCCCCOc1ccc(C2c3c(oc4cc(C)c(C)cc4c3=O)C(=O)N2c2nc(C)c(C(C)=O)s2)cc1. The quantitative estimate of drug-likeness (QED) is 0.165. The maximum absolute atomic E-state index is 13.9. The minimum atomic E-state index is -0.751. The van der Waals surface area contributed by atoms with Crippen LogP contribution >= 0.6 is 11.3 Å². The number of aromatic nitrogens is 1. The summed E-state index contributed by atoms with van der Waals surface area (Å²) in [5.74, 6) is 0.164. The number of aryl methyl sites for hydroxylation is 3. The highest BCUT2D eigenvalue weighted by molar-refractivity contribution is 7.17. The molecule has 0 radical (unpaired) electrons. The molecule has 8 heteroatoms. The summed E-state index contributed by atoms with van der Waals surface area (Å²) in [4.78, 5) is 46.5. The van der Waals surface area contributed by atoms with Crippen LogP contribution in [0.1, 0.15) is 93.7 Å². The second kappa shape index (κ2) is 10.8. The third-order valence-electron chi connectivity index (χ3n) is 7.26. The minimum absolute atomic E-state index is 0.00855. The molecule has 7 nitrogen and oxygen atoms in total. The third kappa shape index (κ3) is 4.89. The number of hydrogen-bond donors (Lipinski definition) is 0. The fourth-order valence-electron chi connectivity index (χ4n) is 5.02. The van der Waals surface area contributed by atoms with E-state index in [-0.39, 0.29) is 22.5 Å². The first-order valence-corrected chi connectivity index (χ1v) is 14.2. The Morgan fingerprint density at radius 2 is 1.77 bits per heavy atom. The normalized spacial score (nSPS) is 14.7. The van der Waals surface area contributed by atoms with E-state index in [1.165, 1.54) is 24.7 Å². The van der Waals surface area contributed by atoms with Crippen molar-refractivity contribution in [3.63, 3.8) is 0 Å². The van der Waals surface area contributed by atoms with Gasteiger partial charge in [0.05, 0.1) is 34.2 Å². The molecule has 1 amide bonds. The third-order valence-corrected chi connectivity index (χ3v) is 8.52. The first-order valence-electron chi connectivity index (χ1n) is 13.3. The van der Waals surface area contributed by atoms with E-state index in [1.807, 2.05) is 44.2 Å². The Labute approximate surface area is 231 Å². The van der Waals surface area contributed by atoms with Gasteiger partial charge in [0, 0.05) is 6.92 Å². The molecule has 0 N–H and O–H groups in total. The van der Waals surface area contributed by atoms with Crippen LogP contribution in [0, 0.1) is 20.8 Å². The number of benzene rings is 2. The van der Waals surface area contributed by atoms with E-state index < -0.39 is 11.9 Å². The molecule has 0 fully saturated rings. The van der Waals surface area contributed by atoms with Gasteiger partial charge < -0.3 is 9.15 Å². The first kappa shape index (κ1) is 26.8. The lowest BCUT2D eigenvalue weighted by Crippen LogP contribution is -2.29. The number of carbonyl (C=O) groups is 2. The van der Waals surface area contributed by atoms with Crippen LogP contribution < -0.4 is 15.1 Å². The summed E-state index contributed by atoms with van der Waals surface area (Å²) in [5, 5.41) is 0.787. The van der Waals surface area contributed by atoms with Gasteiger partial charge in [-0.2, -0.15) is 0 Å². The van der Waals surface area contributed by atoms with Gasteiger partial charge in [0.1, 0.15) is 11.3 Å². The topological polar surface area (TPSA) is 89.7 Å². The van der Waals surface area contributed by atoms with Crippen molar-refractivity contribution in [1.82, 2.24) is 4.98 Å². The van der Waals surface area contributed by atoms with Gasteiger partial charge in [-0.05, 0) is 68.1 Å². The van der Waals surface area contributed by atoms with Crippen molar-refractivity contribution in [3.05, 3.63) is 85.2 Å². The average molecular weight is 545 g/mol. The van der Waals surface area contributed by atoms with Gasteiger partial charge >= 0.3 is 0 Å². The zero-order chi connectivity index (χ0) is 27.8. The summed E-state index contributed by atoms with van der Waals surface area (Å²) >= 11 is 1.15. The van der Waals surface area contributed by atoms with Gasteiger partial charge in [-0.1, -0.05) is 49.7 Å². The Bertz CT molecular complexity index is 1630. The van der Waals surface area contributed by atoms with Crippen molar-refractivity contribution in [2.24, 2.45) is 0 Å². The summed E-state index contributed by atoms with van der Waals surface area (Å²) in [7, 11) is 0. The van der Waals surface area contributed by atoms with Crippen LogP contribution in [-0.4, -0.2) is 23.3 Å². The van der Waals surface area contributed by atoms with Crippen LogP contribution in [0.4, 0.5) is 5.13 Å². The van der Waals surface area contributed by atoms with Crippen LogP contribution in [0.3, 0.4) is 0 Å². The Morgan fingerprint density at radius 3 is 2.44 bits per heavy atom. The molecule has 39 heavy (non-hydrogen) atoms. The molecule has 1 atom stereocenters. The molecule has 1 aliphatic heterocycles. The molecule has 0 saturated carbocycles. The fourth-order valence-corrected chi connectivity index (χ4v) is 6.01. The van der Waals surface area contributed by atoms with E-state index in [2.05, 4.69) is 11.9 Å². The Morgan fingerprint density at radius 1 is 1.05 bits per heavy atom. The average Bonchev–Trinajstić information content (AvgIpc) is 3.43. The van der Waals surface area contributed by atoms with Crippen molar-refractivity contribution in [2.75, 3.05) is 11.5 Å². The number of unbranched alkanes of at least 4 members (excludes halogenated alkanes) is 3. The molecule has 1 unspecified atom stereocenters. The number of hydrogen-bond acceptors (Lipinski definition) is 7. The minimum Gasteiger partial charge on any atom is -0.494 e. The summed E-state index contributed by atoms with van der Waals surface area (Å²) in [5.41, 5.74) is 3.63. The number of Topliss-reactive ketones (excluding diaryl/α,β-unsaturated/α-hetero) is 1. The Kier molecular flexibility index (Phi) is 7.40. The van der Waals surface area contributed by atoms with Crippen molar-refractivity contribution >= 4 is 39.1 Å². The summed E-state index contributed by atoms with van der Waals surface area (Å²) in [6.07, 6.45) is 4.47. The summed E-state index contributed by atoms with van der Waals surface area (Å²) in [6, 6.07) is 10.3. The zero-order valence-electron chi connectivity index (χ0n) is 22.9. The number of thiazole rings is 1. The van der Waals surface area contributed by atoms with Crippen molar-refractivity contribution in [3.8, 4) is 5.75 Å². The van der Waals surface area contributed by atoms with Gasteiger partial charge in [0.15, 0.2) is 16.3 Å². The zero-order valence-corrected chi connectivity index (χ0v) is 23.7. The lowest BCUT2D eigenvalue weighted by molar-refractivity contribution is 0.0969. The predicted octanol–water partition coefficient (Wildman–Crippen LogP) is 7.09. The molecule has 1 aliphatic rings. The number of anilines is 1. The fraction of sp³-hybridized carbons (Fsp3) is 0.355. The molecule has 202 valence electrons. The lowest BCUT2D eigenvalue weighted by Gasteiger charge is -2.22. The highest BCUT2D eigenvalue weighted by Gasteiger charge is 2.45. The lowest BCUT2D eigenvalue weighted by atomic mass is 9.97. The van der Waals surface area contributed by atoms with Crippen molar-refractivity contribution in [2.45, 2.75) is 66.3 Å². The van der Waals surface area contributed by atoms with Crippen LogP contribution in [0.25, 0.3) is 11.0 Å². The molecule has 0 aliphatic carbocycles. The number of ether oxygens (including phenoxy) is 1. The van der Waals surface area contributed by atoms with Gasteiger partial charge in [0.2, 0.25) is 5.76 Å². The van der Waals surface area contributed by atoms with E-state index in [0.717, 1.165) is 46.6 Å². The van der Waals surface area contributed by atoms with Crippen molar-refractivity contribution < 1.29 is 18.7 Å². The van der Waals surface area contributed by atoms with Crippen LogP contribution in [0.5, 0.6) is 5.75 Å². The number of nitrogens with zero attached hydrogens (tertiary/aromatic N) is 2. The molecule has 4 aromatic rings. The van der Waals surface area contributed by atoms with Crippen LogP contribution in [0.2, 0.25) is 0 Å². The van der Waals surface area contributed by atoms with E-state index >= 15 is 0 Å². The smallest absolute Gasteiger partial charge is 0.297 e. The molecular formula is C31H32N2O5S. The molecule has 0 saturated heterocycles. The maximum atomic E-state index is 13.9. The number of rotatable bonds is 9. The van der Waals surface area contributed by atoms with E-state index in [4.69, 9.17) is 9.15 Å². The largest absolute Gasteiger partial charge is 0.494 e. The van der Waals surface area contributed by atoms with Gasteiger partial charge in [-0.25, -0.2) is 4.98 Å². The van der Waals surface area contributed by atoms with Gasteiger partial charge in [0.25, 0.3) is 5.91 Å². The number of fused-ring (bicyclic) bond motifs is 2. The van der Waals surface area contributed by atoms with E-state index in [0.29, 0.717) is 33.3 Å². The van der Waals surface area contributed by atoms with E-state index in [9.17, 15) is 14.4 Å². The number of ketones is 1. The predicted molar refractivity (Wildman–Crippen MR) is 154 cm³/mol. The second-order valence-electron chi connectivity index (χ2n) is 10.1. The van der Waals surface area contributed by atoms with Gasteiger partial charge in [-0.15, -0.1) is 0 Å². The first-order chi connectivity index (χ1) is 18.7. The highest BCUT2D eigenvalue weighted by atomic mass is 32.1. The van der Waals surface area contributed by atoms with Crippen molar-refractivity contribution in [1.29, 1.82) is 0 Å². The summed E-state index contributed by atoms with van der Waals surface area (Å²) < 4.78 is 12.0. The van der Waals surface area contributed by atoms with Gasteiger partial charge in [-0.3, -0.25) is 19.3 Å². The molecule has 0 spiro atoms. The molecule has 5 rings (SSSR count). The standard InChI is InChI=1S/C31H32N2O5S/c1-6-7-8-9-14-37-22-12-10-21(11-13-22)26-25-27(35)23-15-17(2)18(3)16-24(23)38-28(25)30(36)33(26)31-32-19(4)29(39-31)20(5)34/h10-13,15-16,26H,6-9,14H2,1-5H3. The Hall–Kier alpha value is -3.78. The maximum Gasteiger partial charge on any atom is 0.297 e. The molecule has 3 heterocycles. The Balaban J connectivity index is 1.61. The molecular weight excluding hydrogens is 512 g/mol. The molecule has 0 bridgehead atoms. The molecule has 2 aromatic heterocycles. The van der Waals surface area contributed by atoms with E-state index in [1.54, 1.807) is 13.0 Å².